The fourth-order valence-corrected chi connectivity index (χ4v) is 3.08. The highest BCUT2D eigenvalue weighted by Gasteiger charge is 2.03. The van der Waals surface area contributed by atoms with Crippen LogP contribution in [0.5, 0.6) is 0 Å². The molecule has 3 aromatic rings. The van der Waals surface area contributed by atoms with Gasteiger partial charge < -0.3 is 10.3 Å². The Labute approximate surface area is 121 Å². The van der Waals surface area contributed by atoms with Crippen LogP contribution in [0.3, 0.4) is 0 Å². The first-order valence-corrected chi connectivity index (χ1v) is 7.57. The number of hydrogen-bond donors (Lipinski definition) is 2. The predicted molar refractivity (Wildman–Crippen MR) is 83.0 cm³/mol. The monoisotopic (exact) mass is 290 g/mol. The summed E-state index contributed by atoms with van der Waals surface area (Å²) < 4.78 is 0. The number of benzene rings is 1. The van der Waals surface area contributed by atoms with Crippen molar-refractivity contribution in [3.05, 3.63) is 57.4 Å². The molecule has 2 N–H and O–H groups in total. The Morgan fingerprint density at radius 3 is 3.05 bits per heavy atom. The second-order valence-electron chi connectivity index (χ2n) is 4.51. The second-order valence-corrected chi connectivity index (χ2v) is 5.98. The summed E-state index contributed by atoms with van der Waals surface area (Å²) in [6.45, 7) is 1.88. The molecule has 0 saturated heterocycles. The van der Waals surface area contributed by atoms with E-state index in [1.165, 1.54) is 15.8 Å². The van der Waals surface area contributed by atoms with Crippen molar-refractivity contribution in [3.63, 3.8) is 0 Å². The van der Waals surface area contributed by atoms with E-state index in [1.54, 1.807) is 0 Å². The van der Waals surface area contributed by atoms with E-state index in [1.807, 2.05) is 23.5 Å². The number of nitrogens with one attached hydrogen (secondary N) is 2. The van der Waals surface area contributed by atoms with Crippen molar-refractivity contribution in [2.24, 2.45) is 0 Å². The van der Waals surface area contributed by atoms with Crippen LogP contribution in [0.2, 0.25) is 5.02 Å². The first-order chi connectivity index (χ1) is 9.33. The van der Waals surface area contributed by atoms with Gasteiger partial charge in [-0.3, -0.25) is 0 Å². The number of aromatic nitrogens is 1. The zero-order valence-electron chi connectivity index (χ0n) is 10.4. The van der Waals surface area contributed by atoms with Crippen LogP contribution in [0, 0.1) is 0 Å². The molecule has 0 spiro atoms. The van der Waals surface area contributed by atoms with Gasteiger partial charge in [-0.2, -0.15) is 0 Å². The van der Waals surface area contributed by atoms with Crippen LogP contribution in [-0.4, -0.2) is 11.5 Å². The van der Waals surface area contributed by atoms with Gasteiger partial charge in [-0.15, -0.1) is 11.3 Å². The third-order valence-electron chi connectivity index (χ3n) is 3.17. The fraction of sp³-hybridized carbons (Fsp3) is 0.200. The van der Waals surface area contributed by atoms with Gasteiger partial charge in [0.2, 0.25) is 0 Å². The standard InChI is InChI=1S/C15H15ClN2S/c16-12-3-4-14-11(10-18-15(14)8-12)9-17-6-5-13-2-1-7-19-13/h1-4,7-8,10,17-18H,5-6,9H2. The summed E-state index contributed by atoms with van der Waals surface area (Å²) in [5.74, 6) is 0. The van der Waals surface area contributed by atoms with E-state index < -0.39 is 0 Å². The van der Waals surface area contributed by atoms with E-state index in [4.69, 9.17) is 11.6 Å². The molecule has 0 aliphatic heterocycles. The molecule has 0 atom stereocenters. The minimum atomic E-state index is 0.770. The number of halogens is 1. The van der Waals surface area contributed by atoms with E-state index >= 15 is 0 Å². The van der Waals surface area contributed by atoms with Crippen LogP contribution in [0.1, 0.15) is 10.4 Å². The number of rotatable bonds is 5. The lowest BCUT2D eigenvalue weighted by molar-refractivity contribution is 0.693. The molecule has 1 aromatic carbocycles. The first kappa shape index (κ1) is 12.7. The molecule has 0 fully saturated rings. The maximum atomic E-state index is 5.98. The Hall–Kier alpha value is -1.29. The van der Waals surface area contributed by atoms with E-state index in [0.29, 0.717) is 0 Å². The lowest BCUT2D eigenvalue weighted by atomic mass is 10.2. The minimum absolute atomic E-state index is 0.770. The second kappa shape index (κ2) is 5.78. The van der Waals surface area contributed by atoms with Crippen LogP contribution >= 0.6 is 22.9 Å². The van der Waals surface area contributed by atoms with Crippen LogP contribution < -0.4 is 5.32 Å². The Morgan fingerprint density at radius 2 is 2.21 bits per heavy atom. The third-order valence-corrected chi connectivity index (χ3v) is 4.34. The number of fused-ring (bicyclic) bond motifs is 1. The highest BCUT2D eigenvalue weighted by Crippen LogP contribution is 2.21. The molecule has 2 heterocycles. The van der Waals surface area contributed by atoms with Crippen molar-refractivity contribution in [1.29, 1.82) is 0 Å². The Bertz CT molecular complexity index is 658. The molecule has 2 nitrogen and oxygen atoms in total. The Balaban J connectivity index is 1.59. The average molecular weight is 291 g/mol. The van der Waals surface area contributed by atoms with Crippen LogP contribution in [0.15, 0.2) is 41.9 Å². The number of hydrogen-bond acceptors (Lipinski definition) is 2. The topological polar surface area (TPSA) is 27.8 Å². The van der Waals surface area contributed by atoms with Gasteiger partial charge in [0.05, 0.1) is 0 Å². The number of thiophene rings is 1. The van der Waals surface area contributed by atoms with Gasteiger partial charge in [-0.1, -0.05) is 23.7 Å². The molecule has 0 amide bonds. The van der Waals surface area contributed by atoms with E-state index in [-0.39, 0.29) is 0 Å². The van der Waals surface area contributed by atoms with Gasteiger partial charge in [0, 0.05) is 40.1 Å². The number of H-pyrrole nitrogens is 1. The molecule has 19 heavy (non-hydrogen) atoms. The fourth-order valence-electron chi connectivity index (χ4n) is 2.19. The molecule has 0 aliphatic carbocycles. The van der Waals surface area contributed by atoms with Crippen molar-refractivity contribution < 1.29 is 0 Å². The molecule has 0 aliphatic rings. The van der Waals surface area contributed by atoms with Crippen molar-refractivity contribution in [3.8, 4) is 0 Å². The summed E-state index contributed by atoms with van der Waals surface area (Å²) in [5.41, 5.74) is 2.39. The molecule has 0 radical (unpaired) electrons. The van der Waals surface area contributed by atoms with Crippen molar-refractivity contribution in [1.82, 2.24) is 10.3 Å². The SMILES string of the molecule is Clc1ccc2c(CNCCc3cccs3)c[nH]c2c1. The zero-order chi connectivity index (χ0) is 13.1. The largest absolute Gasteiger partial charge is 0.361 e. The summed E-state index contributed by atoms with van der Waals surface area (Å²) in [6, 6.07) is 10.3. The number of aromatic amines is 1. The summed E-state index contributed by atoms with van der Waals surface area (Å²) >= 11 is 7.79. The van der Waals surface area contributed by atoms with Crippen LogP contribution in [-0.2, 0) is 13.0 Å². The first-order valence-electron chi connectivity index (χ1n) is 6.31. The summed E-state index contributed by atoms with van der Waals surface area (Å²) in [7, 11) is 0. The Morgan fingerprint density at radius 1 is 1.26 bits per heavy atom. The van der Waals surface area contributed by atoms with Crippen molar-refractivity contribution >= 4 is 33.8 Å². The normalized spacial score (nSPS) is 11.2. The predicted octanol–water partition coefficient (Wildman–Crippen LogP) is 4.22. The third kappa shape index (κ3) is 3.00. The lowest BCUT2D eigenvalue weighted by Gasteiger charge is -2.03. The summed E-state index contributed by atoms with van der Waals surface area (Å²) in [6.07, 6.45) is 3.14. The summed E-state index contributed by atoms with van der Waals surface area (Å²) in [4.78, 5) is 4.69. The van der Waals surface area contributed by atoms with Gasteiger partial charge >= 0.3 is 0 Å². The van der Waals surface area contributed by atoms with Crippen LogP contribution in [0.4, 0.5) is 0 Å². The average Bonchev–Trinajstić information content (AvgIpc) is 3.03. The quantitative estimate of drug-likeness (QED) is 0.677. The molecule has 0 unspecified atom stereocenters. The zero-order valence-corrected chi connectivity index (χ0v) is 12.0. The summed E-state index contributed by atoms with van der Waals surface area (Å²) in [5, 5.41) is 7.62. The van der Waals surface area contributed by atoms with Crippen molar-refractivity contribution in [2.45, 2.75) is 13.0 Å². The maximum absolute atomic E-state index is 5.98. The van der Waals surface area contributed by atoms with Crippen molar-refractivity contribution in [2.75, 3.05) is 6.54 Å². The Kier molecular flexibility index (Phi) is 3.87. The molecule has 0 bridgehead atoms. The van der Waals surface area contributed by atoms with Gasteiger partial charge in [-0.05, 0) is 35.6 Å². The van der Waals surface area contributed by atoms with Gasteiger partial charge in [-0.25, -0.2) is 0 Å². The molecule has 2 aromatic heterocycles. The highest BCUT2D eigenvalue weighted by molar-refractivity contribution is 7.09. The van der Waals surface area contributed by atoms with Crippen LogP contribution in [0.25, 0.3) is 10.9 Å². The minimum Gasteiger partial charge on any atom is -0.361 e. The van der Waals surface area contributed by atoms with E-state index in [2.05, 4.69) is 40.1 Å². The molecular formula is C15H15ClN2S. The molecular weight excluding hydrogens is 276 g/mol. The molecule has 98 valence electrons. The van der Waals surface area contributed by atoms with Gasteiger partial charge in [0.1, 0.15) is 0 Å². The molecule has 4 heteroatoms. The van der Waals surface area contributed by atoms with Gasteiger partial charge in [0.25, 0.3) is 0 Å². The van der Waals surface area contributed by atoms with Gasteiger partial charge in [0.15, 0.2) is 0 Å². The molecule has 0 saturated carbocycles. The van der Waals surface area contributed by atoms with E-state index in [0.717, 1.165) is 30.0 Å². The maximum Gasteiger partial charge on any atom is 0.0472 e. The highest BCUT2D eigenvalue weighted by atomic mass is 35.5. The lowest BCUT2D eigenvalue weighted by Crippen LogP contribution is -2.15. The molecule has 3 rings (SSSR count). The van der Waals surface area contributed by atoms with E-state index in [9.17, 15) is 0 Å². The smallest absolute Gasteiger partial charge is 0.0472 e.